The van der Waals surface area contributed by atoms with Crippen LogP contribution < -0.4 is 4.74 Å². The van der Waals surface area contributed by atoms with Gasteiger partial charge in [-0.3, -0.25) is 0 Å². The molecule has 0 saturated carbocycles. The molecular weight excluding hydrogens is 334 g/mol. The summed E-state index contributed by atoms with van der Waals surface area (Å²) in [6, 6.07) is 1.87. The van der Waals surface area contributed by atoms with Gasteiger partial charge in [0.05, 0.1) is 5.56 Å². The van der Waals surface area contributed by atoms with Gasteiger partial charge in [-0.05, 0) is 22.0 Å². The van der Waals surface area contributed by atoms with Crippen molar-refractivity contribution in [1.29, 1.82) is 5.26 Å². The number of ether oxygens (including phenoxy) is 1. The van der Waals surface area contributed by atoms with Crippen molar-refractivity contribution in [3.05, 3.63) is 21.9 Å². The molecule has 0 unspecified atom stereocenters. The number of hydrogen-bond acceptors (Lipinski definition) is 3. The second-order valence-electron chi connectivity index (χ2n) is 2.83. The van der Waals surface area contributed by atoms with Gasteiger partial charge < -0.3 is 4.74 Å². The van der Waals surface area contributed by atoms with Gasteiger partial charge in [0.1, 0.15) is 10.7 Å². The molecule has 1 heterocycles. The van der Waals surface area contributed by atoms with Gasteiger partial charge >= 0.3 is 12.5 Å². The highest BCUT2D eigenvalue weighted by Crippen LogP contribution is 2.40. The highest BCUT2D eigenvalue weighted by atomic mass is 79.9. The van der Waals surface area contributed by atoms with E-state index < -0.39 is 34.1 Å². The predicted octanol–water partition coefficient (Wildman–Crippen LogP) is 3.63. The van der Waals surface area contributed by atoms with Crippen LogP contribution in [-0.4, -0.2) is 11.3 Å². The lowest BCUT2D eigenvalue weighted by Crippen LogP contribution is -2.22. The summed E-state index contributed by atoms with van der Waals surface area (Å²) in [4.78, 5) is 2.85. The van der Waals surface area contributed by atoms with Crippen molar-refractivity contribution in [3.63, 3.8) is 0 Å². The van der Waals surface area contributed by atoms with E-state index in [4.69, 9.17) is 5.26 Å². The van der Waals surface area contributed by atoms with Crippen molar-refractivity contribution < 1.29 is 31.1 Å². The Kier molecular flexibility index (Phi) is 3.75. The van der Waals surface area contributed by atoms with E-state index in [0.717, 1.165) is 0 Å². The highest BCUT2D eigenvalue weighted by molar-refractivity contribution is 9.10. The zero-order chi connectivity index (χ0) is 14.1. The Labute approximate surface area is 104 Å². The lowest BCUT2D eigenvalue weighted by Gasteiger charge is -2.15. The van der Waals surface area contributed by atoms with Gasteiger partial charge in [-0.1, -0.05) is 0 Å². The summed E-state index contributed by atoms with van der Waals surface area (Å²) >= 11 is 2.56. The first-order valence-corrected chi connectivity index (χ1v) is 4.77. The van der Waals surface area contributed by atoms with Gasteiger partial charge in [-0.25, -0.2) is 4.98 Å². The molecule has 0 fully saturated rings. The highest BCUT2D eigenvalue weighted by Gasteiger charge is 2.42. The summed E-state index contributed by atoms with van der Waals surface area (Å²) in [6.45, 7) is 0. The minimum atomic E-state index is -5.36. The number of nitrogens with zero attached hydrogens (tertiary/aromatic N) is 2. The molecule has 0 aromatic carbocycles. The molecule has 0 aliphatic carbocycles. The van der Waals surface area contributed by atoms with E-state index in [1.807, 2.05) is 0 Å². The summed E-state index contributed by atoms with van der Waals surface area (Å²) in [7, 11) is 0. The SMILES string of the molecule is N#Cc1cc(Br)nc(C(F)(F)F)c1OC(F)(F)F. The molecule has 10 heteroatoms. The summed E-state index contributed by atoms with van der Waals surface area (Å²) in [5, 5.41) is 8.52. The largest absolute Gasteiger partial charge is 0.573 e. The van der Waals surface area contributed by atoms with Crippen LogP contribution in [0.3, 0.4) is 0 Å². The van der Waals surface area contributed by atoms with Crippen LogP contribution in [0.25, 0.3) is 0 Å². The molecule has 0 aliphatic rings. The van der Waals surface area contributed by atoms with E-state index in [1.54, 1.807) is 0 Å². The zero-order valence-corrected chi connectivity index (χ0v) is 9.61. The average Bonchev–Trinajstić information content (AvgIpc) is 2.16. The van der Waals surface area contributed by atoms with E-state index in [2.05, 4.69) is 25.7 Å². The quantitative estimate of drug-likeness (QED) is 0.582. The number of alkyl halides is 6. The smallest absolute Gasteiger partial charge is 0.402 e. The van der Waals surface area contributed by atoms with Crippen LogP contribution in [0.15, 0.2) is 10.7 Å². The van der Waals surface area contributed by atoms with Crippen molar-refractivity contribution in [1.82, 2.24) is 4.98 Å². The number of halogens is 7. The fourth-order valence-corrected chi connectivity index (χ4v) is 1.40. The minimum Gasteiger partial charge on any atom is -0.402 e. The van der Waals surface area contributed by atoms with Crippen LogP contribution in [0.1, 0.15) is 11.3 Å². The Balaban J connectivity index is 3.50. The molecule has 0 N–H and O–H groups in total. The first kappa shape index (κ1) is 14.6. The van der Waals surface area contributed by atoms with Gasteiger partial charge in [0.15, 0.2) is 11.4 Å². The molecule has 0 saturated heterocycles. The molecule has 98 valence electrons. The van der Waals surface area contributed by atoms with Gasteiger partial charge in [0.25, 0.3) is 0 Å². The lowest BCUT2D eigenvalue weighted by atomic mass is 10.2. The van der Waals surface area contributed by atoms with Crippen molar-refractivity contribution in [3.8, 4) is 11.8 Å². The van der Waals surface area contributed by atoms with E-state index in [-0.39, 0.29) is 0 Å². The van der Waals surface area contributed by atoms with Crippen LogP contribution in [0.2, 0.25) is 0 Å². The van der Waals surface area contributed by atoms with Crippen LogP contribution >= 0.6 is 15.9 Å². The third kappa shape index (κ3) is 3.49. The van der Waals surface area contributed by atoms with Crippen LogP contribution in [0.4, 0.5) is 26.3 Å². The molecule has 0 atom stereocenters. The van der Waals surface area contributed by atoms with E-state index >= 15 is 0 Å². The number of nitriles is 1. The monoisotopic (exact) mass is 334 g/mol. The molecule has 0 spiro atoms. The molecule has 0 bridgehead atoms. The van der Waals surface area contributed by atoms with E-state index in [9.17, 15) is 26.3 Å². The normalized spacial score (nSPS) is 12.1. The predicted molar refractivity (Wildman–Crippen MR) is 48.3 cm³/mol. The third-order valence-electron chi connectivity index (χ3n) is 1.55. The molecule has 0 radical (unpaired) electrons. The fraction of sp³-hybridized carbons (Fsp3) is 0.250. The fourth-order valence-electron chi connectivity index (χ4n) is 0.996. The van der Waals surface area contributed by atoms with Crippen molar-refractivity contribution in [2.45, 2.75) is 12.5 Å². The van der Waals surface area contributed by atoms with Crippen LogP contribution in [-0.2, 0) is 6.18 Å². The Morgan fingerprint density at radius 2 is 1.78 bits per heavy atom. The number of pyridine rings is 1. The molecule has 3 nitrogen and oxygen atoms in total. The maximum Gasteiger partial charge on any atom is 0.573 e. The minimum absolute atomic E-state index is 0.430. The van der Waals surface area contributed by atoms with Crippen LogP contribution in [0, 0.1) is 11.3 Å². The van der Waals surface area contributed by atoms with Crippen molar-refractivity contribution >= 4 is 15.9 Å². The maximum absolute atomic E-state index is 12.5. The van der Waals surface area contributed by atoms with Crippen molar-refractivity contribution in [2.75, 3.05) is 0 Å². The Hall–Kier alpha value is -1.50. The average molecular weight is 335 g/mol. The zero-order valence-electron chi connectivity index (χ0n) is 8.03. The molecular formula is C8HBrF6N2O. The van der Waals surface area contributed by atoms with Gasteiger partial charge in [-0.15, -0.1) is 13.2 Å². The Morgan fingerprint density at radius 3 is 2.17 bits per heavy atom. The standard InChI is InChI=1S/C8HBrF6N2O/c9-4-1-3(2-16)5(18-8(13,14)15)6(17-4)7(10,11)12/h1H. The van der Waals surface area contributed by atoms with Crippen LogP contribution in [0.5, 0.6) is 5.75 Å². The second kappa shape index (κ2) is 4.64. The first-order chi connectivity index (χ1) is 8.04. The van der Waals surface area contributed by atoms with Gasteiger partial charge in [0, 0.05) is 0 Å². The van der Waals surface area contributed by atoms with E-state index in [1.165, 1.54) is 6.07 Å². The third-order valence-corrected chi connectivity index (χ3v) is 1.95. The molecule has 0 aliphatic heterocycles. The van der Waals surface area contributed by atoms with Gasteiger partial charge in [0.2, 0.25) is 0 Å². The maximum atomic E-state index is 12.5. The van der Waals surface area contributed by atoms with Gasteiger partial charge in [-0.2, -0.15) is 18.4 Å². The van der Waals surface area contributed by atoms with Crippen molar-refractivity contribution in [2.24, 2.45) is 0 Å². The topological polar surface area (TPSA) is 45.9 Å². The number of aromatic nitrogens is 1. The molecule has 1 rings (SSSR count). The summed E-state index contributed by atoms with van der Waals surface area (Å²) in [5.41, 5.74) is -2.85. The molecule has 1 aromatic heterocycles. The molecule has 18 heavy (non-hydrogen) atoms. The summed E-state index contributed by atoms with van der Waals surface area (Å²) in [6.07, 6.45) is -10.5. The number of rotatable bonds is 1. The summed E-state index contributed by atoms with van der Waals surface area (Å²) < 4.78 is 76.2. The number of hydrogen-bond donors (Lipinski definition) is 0. The molecule has 0 amide bonds. The van der Waals surface area contributed by atoms with E-state index in [0.29, 0.717) is 6.07 Å². The Bertz CT molecular complexity index is 504. The summed E-state index contributed by atoms with van der Waals surface area (Å²) in [5.74, 6) is -1.67. The second-order valence-corrected chi connectivity index (χ2v) is 3.64. The Morgan fingerprint density at radius 1 is 1.22 bits per heavy atom. The lowest BCUT2D eigenvalue weighted by molar-refractivity contribution is -0.276. The first-order valence-electron chi connectivity index (χ1n) is 3.98. The molecule has 1 aromatic rings.